The zero-order chi connectivity index (χ0) is 19.6. The first kappa shape index (κ1) is 18.4. The fraction of sp³-hybridized carbons (Fsp3) is 0.800. The molecule has 0 spiro atoms. The van der Waals surface area contributed by atoms with Crippen molar-refractivity contribution < 1.29 is 14.3 Å². The van der Waals surface area contributed by atoms with Crippen LogP contribution in [0.4, 0.5) is 10.2 Å². The second kappa shape index (κ2) is 6.42. The van der Waals surface area contributed by atoms with Crippen LogP contribution < -0.4 is 15.5 Å². The second-order valence-electron chi connectivity index (χ2n) is 9.56. The zero-order valence-electron chi connectivity index (χ0n) is 16.6. The summed E-state index contributed by atoms with van der Waals surface area (Å²) in [5.41, 5.74) is -0.665. The lowest BCUT2D eigenvalue weighted by Crippen LogP contribution is -2.61. The highest BCUT2D eigenvalue weighted by atomic mass is 19.1. The number of halogens is 1. The molecule has 5 fully saturated rings. The quantitative estimate of drug-likeness (QED) is 0.714. The van der Waals surface area contributed by atoms with Crippen molar-refractivity contribution in [3.63, 3.8) is 0 Å². The van der Waals surface area contributed by atoms with Gasteiger partial charge in [-0.15, -0.1) is 0 Å². The van der Waals surface area contributed by atoms with E-state index in [2.05, 4.69) is 15.7 Å². The van der Waals surface area contributed by atoms with Gasteiger partial charge in [0.15, 0.2) is 17.3 Å². The van der Waals surface area contributed by atoms with Crippen molar-refractivity contribution in [2.45, 2.75) is 56.2 Å². The van der Waals surface area contributed by atoms with Gasteiger partial charge in [-0.1, -0.05) is 0 Å². The van der Waals surface area contributed by atoms with E-state index in [0.717, 1.165) is 51.6 Å². The number of carbonyl (C=O) groups excluding carboxylic acids is 1. The summed E-state index contributed by atoms with van der Waals surface area (Å²) in [5, 5.41) is 21.3. The molecule has 3 N–H and O–H groups in total. The molecule has 1 aromatic heterocycles. The summed E-state index contributed by atoms with van der Waals surface area (Å²) in [4.78, 5) is 14.8. The number of rotatable bonds is 4. The summed E-state index contributed by atoms with van der Waals surface area (Å²) >= 11 is 0. The Morgan fingerprint density at radius 1 is 1.36 bits per heavy atom. The van der Waals surface area contributed by atoms with Crippen molar-refractivity contribution in [2.24, 2.45) is 24.8 Å². The molecule has 28 heavy (non-hydrogen) atoms. The third-order valence-corrected chi connectivity index (χ3v) is 7.63. The highest BCUT2D eigenvalue weighted by Crippen LogP contribution is 2.55. The van der Waals surface area contributed by atoms with Crippen molar-refractivity contribution in [1.29, 1.82) is 0 Å². The van der Waals surface area contributed by atoms with Crippen molar-refractivity contribution in [2.75, 3.05) is 25.0 Å². The van der Waals surface area contributed by atoms with Crippen LogP contribution in [0.25, 0.3) is 0 Å². The molecule has 2 heterocycles. The number of amides is 1. The molecular weight excluding hydrogens is 361 g/mol. The van der Waals surface area contributed by atoms with Gasteiger partial charge in [0.05, 0.1) is 5.60 Å². The monoisotopic (exact) mass is 391 g/mol. The lowest BCUT2D eigenvalue weighted by Gasteiger charge is -2.58. The van der Waals surface area contributed by atoms with Gasteiger partial charge in [-0.2, -0.15) is 5.10 Å². The minimum atomic E-state index is -0.545. The van der Waals surface area contributed by atoms with E-state index in [1.807, 2.05) is 11.9 Å². The maximum absolute atomic E-state index is 15.2. The van der Waals surface area contributed by atoms with Gasteiger partial charge in [0.1, 0.15) is 0 Å². The first-order chi connectivity index (χ1) is 13.3. The van der Waals surface area contributed by atoms with Crippen LogP contribution in [-0.4, -0.2) is 58.6 Å². The first-order valence-electron chi connectivity index (χ1n) is 10.5. The normalized spacial score (nSPS) is 38.8. The lowest BCUT2D eigenvalue weighted by atomic mass is 9.52. The van der Waals surface area contributed by atoms with Gasteiger partial charge in [-0.25, -0.2) is 9.07 Å². The SMILES string of the molecule is CN(c1c(F)c(C(=O)NC2C3CC4CC2CC(O)(C4)C3)nn1C)[C@@H]1CCNC1. The number of aliphatic hydroxyl groups is 1. The molecule has 4 aliphatic carbocycles. The molecule has 5 aliphatic rings. The molecule has 3 atom stereocenters. The molecular formula is C20H30FN5O2. The molecule has 154 valence electrons. The highest BCUT2D eigenvalue weighted by Gasteiger charge is 2.55. The number of anilines is 1. The Kier molecular flexibility index (Phi) is 4.21. The number of nitrogens with one attached hydrogen (secondary N) is 2. The molecule has 1 aliphatic heterocycles. The van der Waals surface area contributed by atoms with Crippen molar-refractivity contribution in [3.8, 4) is 0 Å². The maximum atomic E-state index is 15.2. The third-order valence-electron chi connectivity index (χ3n) is 7.63. The molecule has 0 aromatic carbocycles. The van der Waals surface area contributed by atoms with E-state index in [0.29, 0.717) is 23.6 Å². The topological polar surface area (TPSA) is 82.4 Å². The van der Waals surface area contributed by atoms with E-state index >= 15 is 4.39 Å². The average Bonchev–Trinajstić information content (AvgIpc) is 3.24. The summed E-state index contributed by atoms with van der Waals surface area (Å²) in [6, 6.07) is 0.219. The summed E-state index contributed by atoms with van der Waals surface area (Å²) < 4.78 is 16.7. The molecule has 4 saturated carbocycles. The maximum Gasteiger partial charge on any atom is 0.275 e. The largest absolute Gasteiger partial charge is 0.390 e. The van der Waals surface area contributed by atoms with E-state index in [1.165, 1.54) is 4.68 Å². The van der Waals surface area contributed by atoms with Gasteiger partial charge in [0.25, 0.3) is 5.91 Å². The van der Waals surface area contributed by atoms with E-state index in [-0.39, 0.29) is 17.8 Å². The number of likely N-dealkylation sites (N-methyl/N-ethyl adjacent to an activating group) is 1. The molecule has 8 heteroatoms. The fourth-order valence-electron chi connectivity index (χ4n) is 6.60. The molecule has 6 rings (SSSR count). The van der Waals surface area contributed by atoms with Crippen LogP contribution in [0.3, 0.4) is 0 Å². The van der Waals surface area contributed by atoms with Gasteiger partial charge in [-0.05, 0) is 62.8 Å². The minimum absolute atomic E-state index is 0.0194. The molecule has 1 aromatic rings. The predicted octanol–water partition coefficient (Wildman–Crippen LogP) is 1.03. The van der Waals surface area contributed by atoms with Crippen LogP contribution in [0.1, 0.15) is 49.0 Å². The van der Waals surface area contributed by atoms with Gasteiger partial charge in [-0.3, -0.25) is 4.79 Å². The minimum Gasteiger partial charge on any atom is -0.390 e. The van der Waals surface area contributed by atoms with E-state index in [9.17, 15) is 9.90 Å². The Balaban J connectivity index is 1.34. The average molecular weight is 391 g/mol. The van der Waals surface area contributed by atoms with E-state index in [4.69, 9.17) is 0 Å². The number of hydrogen-bond donors (Lipinski definition) is 3. The Morgan fingerprint density at radius 3 is 2.68 bits per heavy atom. The summed E-state index contributed by atoms with van der Waals surface area (Å²) in [7, 11) is 3.55. The predicted molar refractivity (Wildman–Crippen MR) is 103 cm³/mol. The fourth-order valence-corrected chi connectivity index (χ4v) is 6.60. The Morgan fingerprint density at radius 2 is 2.07 bits per heavy atom. The smallest absolute Gasteiger partial charge is 0.275 e. The van der Waals surface area contributed by atoms with Crippen LogP contribution >= 0.6 is 0 Å². The molecule has 2 unspecified atom stereocenters. The number of nitrogens with zero attached hydrogens (tertiary/aromatic N) is 3. The summed E-state index contributed by atoms with van der Waals surface area (Å²) in [6.07, 6.45) is 5.45. The Hall–Kier alpha value is -1.67. The van der Waals surface area contributed by atoms with Gasteiger partial charge in [0.2, 0.25) is 0 Å². The van der Waals surface area contributed by atoms with Crippen LogP contribution in [-0.2, 0) is 7.05 Å². The summed E-state index contributed by atoms with van der Waals surface area (Å²) in [5.74, 6) is 0.539. The summed E-state index contributed by atoms with van der Waals surface area (Å²) in [6.45, 7) is 1.72. The Bertz CT molecular complexity index is 774. The van der Waals surface area contributed by atoms with Crippen molar-refractivity contribution >= 4 is 11.7 Å². The van der Waals surface area contributed by atoms with Gasteiger partial charge in [0, 0.05) is 32.7 Å². The molecule has 1 amide bonds. The zero-order valence-corrected chi connectivity index (χ0v) is 16.6. The third kappa shape index (κ3) is 2.84. The van der Waals surface area contributed by atoms with E-state index < -0.39 is 17.3 Å². The lowest BCUT2D eigenvalue weighted by molar-refractivity contribution is -0.137. The van der Waals surface area contributed by atoms with E-state index in [1.54, 1.807) is 7.05 Å². The van der Waals surface area contributed by atoms with Crippen LogP contribution in [0.5, 0.6) is 0 Å². The van der Waals surface area contributed by atoms with Gasteiger partial charge < -0.3 is 20.6 Å². The molecule has 1 saturated heterocycles. The van der Waals surface area contributed by atoms with Crippen LogP contribution in [0.15, 0.2) is 0 Å². The van der Waals surface area contributed by atoms with Crippen LogP contribution in [0.2, 0.25) is 0 Å². The van der Waals surface area contributed by atoms with Crippen molar-refractivity contribution in [1.82, 2.24) is 20.4 Å². The molecule has 7 nitrogen and oxygen atoms in total. The van der Waals surface area contributed by atoms with Crippen molar-refractivity contribution in [3.05, 3.63) is 11.5 Å². The van der Waals surface area contributed by atoms with Crippen LogP contribution in [0, 0.1) is 23.6 Å². The molecule has 0 radical (unpaired) electrons. The second-order valence-corrected chi connectivity index (χ2v) is 9.56. The Labute approximate surface area is 164 Å². The standard InChI is InChI=1S/C20H30FN5O2/c1-25(14-3-4-22-10-14)19-15(21)17(24-26(19)2)18(27)23-16-12-5-11-6-13(16)9-20(28,7-11)8-12/h11-14,16,22,28H,3-10H2,1-2H3,(H,23,27)/t11?,12?,13?,14-,16?,20?/m1/s1. The van der Waals surface area contributed by atoms with Gasteiger partial charge >= 0.3 is 0 Å². The number of aryl methyl sites for hydroxylation is 1. The first-order valence-corrected chi connectivity index (χ1v) is 10.5. The number of hydrogen-bond acceptors (Lipinski definition) is 5. The number of carbonyl (C=O) groups is 1. The number of aromatic nitrogens is 2. The highest BCUT2D eigenvalue weighted by molar-refractivity contribution is 5.93. The molecule has 4 bridgehead atoms.